The monoisotopic (exact) mass is 317 g/mol. The molecule has 1 rings (SSSR count). The first-order chi connectivity index (χ1) is 10.8. The van der Waals surface area contributed by atoms with E-state index in [0.717, 1.165) is 12.8 Å². The molecule has 0 unspecified atom stereocenters. The van der Waals surface area contributed by atoms with E-state index in [0.29, 0.717) is 23.6 Å². The quantitative estimate of drug-likeness (QED) is 0.759. The van der Waals surface area contributed by atoms with Crippen LogP contribution in [0.1, 0.15) is 50.7 Å². The molecular formula is C18H27N3O2. The molecule has 0 saturated carbocycles. The van der Waals surface area contributed by atoms with Crippen molar-refractivity contribution in [3.63, 3.8) is 0 Å². The molecule has 0 bridgehead atoms. The Morgan fingerprint density at radius 1 is 1.22 bits per heavy atom. The van der Waals surface area contributed by atoms with Crippen molar-refractivity contribution in [3.05, 3.63) is 50.7 Å². The number of rotatable bonds is 7. The molecule has 0 fully saturated rings. The number of carbonyl (C=O) groups excluding carboxylic acids is 1. The molecule has 1 aromatic heterocycles. The van der Waals surface area contributed by atoms with Crippen molar-refractivity contribution in [1.29, 1.82) is 0 Å². The van der Waals surface area contributed by atoms with Crippen LogP contribution in [0.3, 0.4) is 0 Å². The first kappa shape index (κ1) is 18.9. The number of aromatic amines is 1. The average Bonchev–Trinajstić information content (AvgIpc) is 2.42. The molecule has 1 heterocycles. The van der Waals surface area contributed by atoms with Gasteiger partial charge in [-0.05, 0) is 47.5 Å². The fraction of sp³-hybridized carbons (Fsp3) is 0.500. The maximum Gasteiger partial charge on any atom is 0.254 e. The molecule has 0 atom stereocenters. The van der Waals surface area contributed by atoms with E-state index in [-0.39, 0.29) is 17.9 Å². The minimum atomic E-state index is -0.237. The lowest BCUT2D eigenvalue weighted by molar-refractivity contribution is -0.120. The van der Waals surface area contributed by atoms with E-state index in [1.54, 1.807) is 13.8 Å². The number of aromatic nitrogens is 2. The van der Waals surface area contributed by atoms with Crippen LogP contribution in [-0.2, 0) is 11.2 Å². The van der Waals surface area contributed by atoms with Gasteiger partial charge in [0.2, 0.25) is 5.91 Å². The first-order valence-electron chi connectivity index (χ1n) is 7.91. The van der Waals surface area contributed by atoms with E-state index in [1.165, 1.54) is 11.1 Å². The van der Waals surface area contributed by atoms with Gasteiger partial charge in [-0.15, -0.1) is 0 Å². The predicted molar refractivity (Wildman–Crippen MR) is 93.5 cm³/mol. The lowest BCUT2D eigenvalue weighted by Crippen LogP contribution is -2.29. The highest BCUT2D eigenvalue weighted by molar-refractivity contribution is 5.78. The molecule has 1 aromatic rings. The van der Waals surface area contributed by atoms with Gasteiger partial charge >= 0.3 is 0 Å². The van der Waals surface area contributed by atoms with Gasteiger partial charge in [0, 0.05) is 17.8 Å². The normalized spacial score (nSPS) is 11.3. The number of hydrogen-bond donors (Lipinski definition) is 2. The van der Waals surface area contributed by atoms with E-state index in [2.05, 4.69) is 42.1 Å². The van der Waals surface area contributed by atoms with Crippen LogP contribution in [0.25, 0.3) is 0 Å². The second kappa shape index (κ2) is 9.08. The molecule has 0 aliphatic heterocycles. The highest BCUT2D eigenvalue weighted by Crippen LogP contribution is 2.06. The summed E-state index contributed by atoms with van der Waals surface area (Å²) in [5, 5.41) is 2.82. The third-order valence-corrected chi connectivity index (χ3v) is 3.52. The number of carbonyl (C=O) groups is 1. The van der Waals surface area contributed by atoms with Crippen molar-refractivity contribution in [2.75, 3.05) is 6.54 Å². The molecule has 23 heavy (non-hydrogen) atoms. The smallest absolute Gasteiger partial charge is 0.254 e. The van der Waals surface area contributed by atoms with E-state index < -0.39 is 0 Å². The van der Waals surface area contributed by atoms with E-state index in [1.807, 2.05) is 6.08 Å². The largest absolute Gasteiger partial charge is 0.352 e. The lowest BCUT2D eigenvalue weighted by atomic mass is 10.1. The molecule has 0 aliphatic rings. The highest BCUT2D eigenvalue weighted by Gasteiger charge is 2.11. The summed E-state index contributed by atoms with van der Waals surface area (Å²) in [6.07, 6.45) is 6.28. The van der Waals surface area contributed by atoms with Gasteiger partial charge in [0.25, 0.3) is 5.56 Å². The van der Waals surface area contributed by atoms with Crippen LogP contribution in [-0.4, -0.2) is 22.4 Å². The molecule has 0 radical (unpaired) electrons. The molecule has 0 aromatic carbocycles. The summed E-state index contributed by atoms with van der Waals surface area (Å²) < 4.78 is 0. The van der Waals surface area contributed by atoms with E-state index >= 15 is 0 Å². The van der Waals surface area contributed by atoms with Crippen molar-refractivity contribution in [3.8, 4) is 0 Å². The fourth-order valence-corrected chi connectivity index (χ4v) is 2.21. The average molecular weight is 317 g/mol. The van der Waals surface area contributed by atoms with Crippen molar-refractivity contribution in [2.45, 2.75) is 53.9 Å². The van der Waals surface area contributed by atoms with Gasteiger partial charge in [0.1, 0.15) is 5.82 Å². The Bertz CT molecular complexity index is 665. The molecule has 0 saturated heterocycles. The van der Waals surface area contributed by atoms with Gasteiger partial charge in [-0.3, -0.25) is 9.59 Å². The number of nitrogens with zero attached hydrogens (tertiary/aromatic N) is 1. The van der Waals surface area contributed by atoms with Crippen LogP contribution in [0.5, 0.6) is 0 Å². The third-order valence-electron chi connectivity index (χ3n) is 3.52. The Morgan fingerprint density at radius 2 is 1.91 bits per heavy atom. The fourth-order valence-electron chi connectivity index (χ4n) is 2.21. The topological polar surface area (TPSA) is 74.8 Å². The number of aryl methyl sites for hydroxylation is 2. The third kappa shape index (κ3) is 7.08. The summed E-state index contributed by atoms with van der Waals surface area (Å²) in [7, 11) is 0. The Balaban J connectivity index is 2.49. The van der Waals surface area contributed by atoms with Gasteiger partial charge in [0.15, 0.2) is 0 Å². The van der Waals surface area contributed by atoms with Crippen LogP contribution in [0.15, 0.2) is 28.1 Å². The minimum absolute atomic E-state index is 0.0547. The Hall–Kier alpha value is -2.17. The zero-order valence-corrected chi connectivity index (χ0v) is 14.7. The van der Waals surface area contributed by atoms with Crippen molar-refractivity contribution < 1.29 is 4.79 Å². The number of hydrogen-bond acceptors (Lipinski definition) is 3. The van der Waals surface area contributed by atoms with Gasteiger partial charge in [-0.1, -0.05) is 23.3 Å². The summed E-state index contributed by atoms with van der Waals surface area (Å²) in [5.74, 6) is 0.393. The number of amides is 1. The maximum absolute atomic E-state index is 12.0. The number of nitrogens with one attached hydrogen (secondary N) is 2. The summed E-state index contributed by atoms with van der Waals surface area (Å²) in [6, 6.07) is 0. The lowest BCUT2D eigenvalue weighted by Gasteiger charge is -2.06. The van der Waals surface area contributed by atoms with Gasteiger partial charge < -0.3 is 10.3 Å². The molecule has 0 spiro atoms. The highest BCUT2D eigenvalue weighted by atomic mass is 16.2. The SMILES string of the molecule is CC(C)=CCCC(C)=CCNC(=O)Cc1c(C)nc(C)[nH]c1=O. The van der Waals surface area contributed by atoms with Crippen LogP contribution < -0.4 is 10.9 Å². The molecule has 126 valence electrons. The van der Waals surface area contributed by atoms with Crippen molar-refractivity contribution in [1.82, 2.24) is 15.3 Å². The van der Waals surface area contributed by atoms with E-state index in [9.17, 15) is 9.59 Å². The first-order valence-corrected chi connectivity index (χ1v) is 7.91. The van der Waals surface area contributed by atoms with Crippen LogP contribution in [0.2, 0.25) is 0 Å². The van der Waals surface area contributed by atoms with Crippen LogP contribution in [0, 0.1) is 13.8 Å². The minimum Gasteiger partial charge on any atom is -0.352 e. The summed E-state index contributed by atoms with van der Waals surface area (Å²) in [6.45, 7) is 10.2. The zero-order valence-electron chi connectivity index (χ0n) is 14.7. The molecule has 0 aliphatic carbocycles. The molecular weight excluding hydrogens is 290 g/mol. The molecule has 5 heteroatoms. The van der Waals surface area contributed by atoms with Gasteiger partial charge in [0.05, 0.1) is 6.42 Å². The van der Waals surface area contributed by atoms with Gasteiger partial charge in [-0.25, -0.2) is 4.98 Å². The molecule has 5 nitrogen and oxygen atoms in total. The summed E-state index contributed by atoms with van der Waals surface area (Å²) in [5.41, 5.74) is 3.36. The van der Waals surface area contributed by atoms with Crippen molar-refractivity contribution >= 4 is 5.91 Å². The van der Waals surface area contributed by atoms with Crippen LogP contribution >= 0.6 is 0 Å². The Kier molecular flexibility index (Phi) is 7.45. The Labute approximate surface area is 137 Å². The summed E-state index contributed by atoms with van der Waals surface area (Å²) >= 11 is 0. The van der Waals surface area contributed by atoms with Crippen molar-refractivity contribution in [2.24, 2.45) is 0 Å². The second-order valence-electron chi connectivity index (χ2n) is 6.07. The number of H-pyrrole nitrogens is 1. The molecule has 1 amide bonds. The Morgan fingerprint density at radius 3 is 2.52 bits per heavy atom. The second-order valence-corrected chi connectivity index (χ2v) is 6.07. The van der Waals surface area contributed by atoms with Gasteiger partial charge in [-0.2, -0.15) is 0 Å². The standard InChI is InChI=1S/C18H27N3O2/c1-12(2)7-6-8-13(3)9-10-19-17(22)11-16-14(4)20-15(5)21-18(16)23/h7,9H,6,8,10-11H2,1-5H3,(H,19,22)(H,20,21,23). The van der Waals surface area contributed by atoms with Crippen LogP contribution in [0.4, 0.5) is 0 Å². The maximum atomic E-state index is 12.0. The molecule has 2 N–H and O–H groups in total. The zero-order chi connectivity index (χ0) is 17.4. The predicted octanol–water partition coefficient (Wildman–Crippen LogP) is 2.74. The van der Waals surface area contributed by atoms with E-state index in [4.69, 9.17) is 0 Å². The summed E-state index contributed by atoms with van der Waals surface area (Å²) in [4.78, 5) is 30.6. The number of allylic oxidation sites excluding steroid dienone is 3.